The number of esters is 1. The Morgan fingerprint density at radius 3 is 2.43 bits per heavy atom. The monoisotopic (exact) mass is 329 g/mol. The molecule has 23 heavy (non-hydrogen) atoms. The van der Waals surface area contributed by atoms with Crippen molar-refractivity contribution in [3.05, 3.63) is 53.5 Å². The van der Waals surface area contributed by atoms with Gasteiger partial charge in [-0.1, -0.05) is 12.1 Å². The van der Waals surface area contributed by atoms with E-state index in [4.69, 9.17) is 9.47 Å². The lowest BCUT2D eigenvalue weighted by molar-refractivity contribution is -0.142. The lowest BCUT2D eigenvalue weighted by atomic mass is 10.3. The highest BCUT2D eigenvalue weighted by molar-refractivity contribution is 7.18. The fourth-order valence-electron chi connectivity index (χ4n) is 1.96. The zero-order valence-corrected chi connectivity index (χ0v) is 13.3. The van der Waals surface area contributed by atoms with Crippen LogP contribution in [0.25, 0.3) is 10.2 Å². The van der Waals surface area contributed by atoms with Crippen LogP contribution < -0.4 is 9.47 Å². The molecule has 3 aromatic rings. The Bertz CT molecular complexity index is 765. The third kappa shape index (κ3) is 3.98. The van der Waals surface area contributed by atoms with Gasteiger partial charge in [0.25, 0.3) is 0 Å². The van der Waals surface area contributed by atoms with E-state index in [0.29, 0.717) is 12.4 Å². The Balaban J connectivity index is 1.56. The van der Waals surface area contributed by atoms with Crippen LogP contribution in [0, 0.1) is 0 Å². The number of thiazole rings is 1. The molecule has 0 bridgehead atoms. The van der Waals surface area contributed by atoms with Crippen LogP contribution >= 0.6 is 11.3 Å². The van der Waals surface area contributed by atoms with Gasteiger partial charge in [-0.15, -0.1) is 11.3 Å². The summed E-state index contributed by atoms with van der Waals surface area (Å²) in [6, 6.07) is 15.1. The highest BCUT2D eigenvalue weighted by Gasteiger charge is 2.05. The number of nitrogens with zero attached hydrogens (tertiary/aromatic N) is 1. The first-order chi connectivity index (χ1) is 11.2. The SMILES string of the molecule is COC(=O)COc1ccc(OCc2nc3ccccc3s2)cc1. The van der Waals surface area contributed by atoms with Crippen LogP contribution in [0.5, 0.6) is 11.5 Å². The molecule has 0 saturated heterocycles. The number of carbonyl (C=O) groups is 1. The molecule has 3 rings (SSSR count). The highest BCUT2D eigenvalue weighted by atomic mass is 32.1. The van der Waals surface area contributed by atoms with Crippen LogP contribution in [0.2, 0.25) is 0 Å². The van der Waals surface area contributed by atoms with Crippen molar-refractivity contribution in [3.8, 4) is 11.5 Å². The average molecular weight is 329 g/mol. The van der Waals surface area contributed by atoms with Crippen molar-refractivity contribution >= 4 is 27.5 Å². The minimum atomic E-state index is -0.416. The quantitative estimate of drug-likeness (QED) is 0.649. The Kier molecular flexibility index (Phi) is 4.73. The van der Waals surface area contributed by atoms with Crippen LogP contribution in [0.1, 0.15) is 5.01 Å². The molecule has 0 N–H and O–H groups in total. The lowest BCUT2D eigenvalue weighted by Crippen LogP contribution is -2.12. The number of rotatable bonds is 6. The van der Waals surface area contributed by atoms with Gasteiger partial charge < -0.3 is 14.2 Å². The summed E-state index contributed by atoms with van der Waals surface area (Å²) in [6.07, 6.45) is 0. The molecule has 0 aliphatic rings. The van der Waals surface area contributed by atoms with Gasteiger partial charge in [0.05, 0.1) is 17.3 Å². The topological polar surface area (TPSA) is 57.7 Å². The highest BCUT2D eigenvalue weighted by Crippen LogP contribution is 2.23. The number of fused-ring (bicyclic) bond motifs is 1. The van der Waals surface area contributed by atoms with Crippen molar-refractivity contribution in [2.75, 3.05) is 13.7 Å². The summed E-state index contributed by atoms with van der Waals surface area (Å²) in [6.45, 7) is 0.310. The third-order valence-electron chi connectivity index (χ3n) is 3.11. The normalized spacial score (nSPS) is 10.5. The van der Waals surface area contributed by atoms with Crippen LogP contribution in [0.4, 0.5) is 0 Å². The van der Waals surface area contributed by atoms with E-state index in [1.54, 1.807) is 35.6 Å². The van der Waals surface area contributed by atoms with E-state index >= 15 is 0 Å². The molecule has 0 fully saturated rings. The summed E-state index contributed by atoms with van der Waals surface area (Å²) >= 11 is 1.62. The van der Waals surface area contributed by atoms with Crippen LogP contribution in [-0.2, 0) is 16.1 Å². The Hall–Kier alpha value is -2.60. The molecule has 0 spiro atoms. The molecule has 1 aromatic heterocycles. The van der Waals surface area contributed by atoms with E-state index in [1.165, 1.54) is 7.11 Å². The molecule has 0 unspecified atom stereocenters. The maximum Gasteiger partial charge on any atom is 0.343 e. The summed E-state index contributed by atoms with van der Waals surface area (Å²) in [5.41, 5.74) is 0.989. The summed E-state index contributed by atoms with van der Waals surface area (Å²) < 4.78 is 16.7. The van der Waals surface area contributed by atoms with Crippen molar-refractivity contribution in [1.29, 1.82) is 0 Å². The fraction of sp³-hybridized carbons (Fsp3) is 0.176. The largest absolute Gasteiger partial charge is 0.486 e. The maximum atomic E-state index is 11.0. The van der Waals surface area contributed by atoms with Gasteiger partial charge >= 0.3 is 5.97 Å². The van der Waals surface area contributed by atoms with Crippen LogP contribution in [0.15, 0.2) is 48.5 Å². The fourth-order valence-corrected chi connectivity index (χ4v) is 2.84. The zero-order valence-electron chi connectivity index (χ0n) is 12.5. The first-order valence-corrected chi connectivity index (χ1v) is 7.83. The molecule has 0 radical (unpaired) electrons. The van der Waals surface area contributed by atoms with E-state index in [9.17, 15) is 4.79 Å². The van der Waals surface area contributed by atoms with Gasteiger partial charge in [-0.2, -0.15) is 0 Å². The molecule has 0 saturated carbocycles. The van der Waals surface area contributed by atoms with E-state index in [0.717, 1.165) is 21.0 Å². The van der Waals surface area contributed by atoms with Crippen molar-refractivity contribution in [2.24, 2.45) is 0 Å². The molecular formula is C17H15NO4S. The van der Waals surface area contributed by atoms with Gasteiger partial charge in [-0.3, -0.25) is 0 Å². The number of hydrogen-bond acceptors (Lipinski definition) is 6. The molecule has 0 aliphatic heterocycles. The second-order valence-electron chi connectivity index (χ2n) is 4.70. The maximum absolute atomic E-state index is 11.0. The number of methoxy groups -OCH3 is 1. The number of carbonyl (C=O) groups excluding carboxylic acids is 1. The Morgan fingerprint density at radius 2 is 1.74 bits per heavy atom. The van der Waals surface area contributed by atoms with Crippen molar-refractivity contribution in [3.63, 3.8) is 0 Å². The zero-order chi connectivity index (χ0) is 16.1. The number of para-hydroxylation sites is 1. The number of ether oxygens (including phenoxy) is 3. The summed E-state index contributed by atoms with van der Waals surface area (Å²) in [5, 5.41) is 0.928. The molecule has 118 valence electrons. The van der Waals surface area contributed by atoms with Crippen LogP contribution in [0.3, 0.4) is 0 Å². The van der Waals surface area contributed by atoms with Gasteiger partial charge in [-0.05, 0) is 36.4 Å². The van der Waals surface area contributed by atoms with Crippen LogP contribution in [-0.4, -0.2) is 24.7 Å². The third-order valence-corrected chi connectivity index (χ3v) is 4.12. The number of hydrogen-bond donors (Lipinski definition) is 0. The minimum Gasteiger partial charge on any atom is -0.486 e. The van der Waals surface area contributed by atoms with E-state index in [-0.39, 0.29) is 6.61 Å². The summed E-state index contributed by atoms with van der Waals surface area (Å²) in [5.74, 6) is 0.888. The second-order valence-corrected chi connectivity index (χ2v) is 5.82. The van der Waals surface area contributed by atoms with Gasteiger partial charge in [0.15, 0.2) is 6.61 Å². The molecule has 2 aromatic carbocycles. The summed E-state index contributed by atoms with van der Waals surface area (Å²) in [4.78, 5) is 15.5. The molecule has 0 amide bonds. The van der Waals surface area contributed by atoms with E-state index in [1.807, 2.05) is 24.3 Å². The molecule has 0 atom stereocenters. The summed E-state index contributed by atoms with van der Waals surface area (Å²) in [7, 11) is 1.32. The van der Waals surface area contributed by atoms with Crippen molar-refractivity contribution in [1.82, 2.24) is 4.98 Å². The van der Waals surface area contributed by atoms with E-state index < -0.39 is 5.97 Å². The van der Waals surface area contributed by atoms with Crippen molar-refractivity contribution < 1.29 is 19.0 Å². The van der Waals surface area contributed by atoms with Gasteiger partial charge in [0.1, 0.15) is 23.1 Å². The first-order valence-electron chi connectivity index (χ1n) is 7.01. The van der Waals surface area contributed by atoms with Gasteiger partial charge in [0, 0.05) is 0 Å². The predicted octanol–water partition coefficient (Wildman–Crippen LogP) is 3.43. The minimum absolute atomic E-state index is 0.109. The Morgan fingerprint density at radius 1 is 1.04 bits per heavy atom. The second kappa shape index (κ2) is 7.11. The predicted molar refractivity (Wildman–Crippen MR) is 87.9 cm³/mol. The molecule has 6 heteroatoms. The number of benzene rings is 2. The lowest BCUT2D eigenvalue weighted by Gasteiger charge is -2.07. The van der Waals surface area contributed by atoms with Gasteiger partial charge in [-0.25, -0.2) is 9.78 Å². The molecule has 5 nitrogen and oxygen atoms in total. The standard InChI is InChI=1S/C17H15NO4S/c1-20-17(19)11-22-13-8-6-12(7-9-13)21-10-16-18-14-4-2-3-5-15(14)23-16/h2-9H,10-11H2,1H3. The van der Waals surface area contributed by atoms with Crippen molar-refractivity contribution in [2.45, 2.75) is 6.61 Å². The Labute approximate surface area is 137 Å². The first kappa shape index (κ1) is 15.3. The van der Waals surface area contributed by atoms with Gasteiger partial charge in [0.2, 0.25) is 0 Å². The molecular weight excluding hydrogens is 314 g/mol. The average Bonchev–Trinajstić information content (AvgIpc) is 3.01. The molecule has 1 heterocycles. The number of aromatic nitrogens is 1. The smallest absolute Gasteiger partial charge is 0.343 e. The molecule has 0 aliphatic carbocycles. The van der Waals surface area contributed by atoms with E-state index in [2.05, 4.69) is 9.72 Å².